The van der Waals surface area contributed by atoms with Crippen molar-refractivity contribution in [2.24, 2.45) is 0 Å². The van der Waals surface area contributed by atoms with Crippen LogP contribution in [-0.2, 0) is 17.7 Å². The standard InChI is InChI=1S/C21H27ClN2O4/c1-2-4-15-11-19(25)28-20-16(15)12-18(22)21-17(20)13-24(14-27-21)6-3-5-23-7-9-26-10-8-23/h11-12H,2-10,13-14H2,1H3/p+2. The van der Waals surface area contributed by atoms with E-state index in [1.165, 1.54) is 4.90 Å². The summed E-state index contributed by atoms with van der Waals surface area (Å²) >= 11 is 6.52. The van der Waals surface area contributed by atoms with Crippen molar-refractivity contribution in [3.8, 4) is 5.75 Å². The predicted molar refractivity (Wildman–Crippen MR) is 108 cm³/mol. The SMILES string of the molecule is CCCc1cc(=O)oc2c3c(c(Cl)cc12)OC[NH+](CCC[NH+]1CCOCC1)C3. The van der Waals surface area contributed by atoms with Gasteiger partial charge in [-0.05, 0) is 18.1 Å². The van der Waals surface area contributed by atoms with Crippen molar-refractivity contribution in [2.45, 2.75) is 32.7 Å². The molecular formula is C21H29ClN2O4+2. The fourth-order valence-electron chi connectivity index (χ4n) is 4.30. The van der Waals surface area contributed by atoms with Gasteiger partial charge in [0.15, 0.2) is 11.3 Å². The molecule has 1 fully saturated rings. The van der Waals surface area contributed by atoms with Gasteiger partial charge in [-0.15, -0.1) is 0 Å². The number of aryl methyl sites for hydroxylation is 1. The molecule has 0 saturated carbocycles. The van der Waals surface area contributed by atoms with Crippen molar-refractivity contribution in [1.82, 2.24) is 0 Å². The molecule has 1 saturated heterocycles. The molecule has 2 aliphatic rings. The fraction of sp³-hybridized carbons (Fsp3) is 0.571. The zero-order valence-corrected chi connectivity index (χ0v) is 17.2. The second-order valence-corrected chi connectivity index (χ2v) is 8.22. The van der Waals surface area contributed by atoms with Gasteiger partial charge >= 0.3 is 5.63 Å². The zero-order chi connectivity index (χ0) is 19.5. The minimum atomic E-state index is -0.302. The first-order valence-electron chi connectivity index (χ1n) is 10.3. The third kappa shape index (κ3) is 4.20. The van der Waals surface area contributed by atoms with E-state index in [0.29, 0.717) is 23.1 Å². The van der Waals surface area contributed by atoms with Gasteiger partial charge in [-0.1, -0.05) is 24.9 Å². The molecule has 0 bridgehead atoms. The summed E-state index contributed by atoms with van der Waals surface area (Å²) in [5.74, 6) is 0.675. The number of halogens is 1. The molecule has 0 spiro atoms. The Labute approximate surface area is 169 Å². The van der Waals surface area contributed by atoms with Gasteiger partial charge in [0.1, 0.15) is 19.6 Å². The average molecular weight is 409 g/mol. The lowest BCUT2D eigenvalue weighted by atomic mass is 10.0. The van der Waals surface area contributed by atoms with E-state index in [4.69, 9.17) is 25.5 Å². The number of quaternary nitrogens is 2. The summed E-state index contributed by atoms with van der Waals surface area (Å²) in [5.41, 5.74) is 2.27. The van der Waals surface area contributed by atoms with E-state index in [9.17, 15) is 4.79 Å². The van der Waals surface area contributed by atoms with E-state index in [1.807, 2.05) is 6.07 Å². The highest BCUT2D eigenvalue weighted by molar-refractivity contribution is 6.33. The van der Waals surface area contributed by atoms with Crippen LogP contribution in [0.5, 0.6) is 5.75 Å². The minimum Gasteiger partial charge on any atom is -0.443 e. The van der Waals surface area contributed by atoms with Gasteiger partial charge < -0.3 is 18.8 Å². The molecule has 1 unspecified atom stereocenters. The van der Waals surface area contributed by atoms with Crippen LogP contribution in [0, 0.1) is 0 Å². The van der Waals surface area contributed by atoms with Gasteiger partial charge in [0.25, 0.3) is 0 Å². The maximum atomic E-state index is 12.1. The largest absolute Gasteiger partial charge is 0.443 e. The van der Waals surface area contributed by atoms with Gasteiger partial charge in [0.05, 0.1) is 36.9 Å². The van der Waals surface area contributed by atoms with Gasteiger partial charge in [0.2, 0.25) is 6.73 Å². The maximum absolute atomic E-state index is 12.1. The van der Waals surface area contributed by atoms with Crippen LogP contribution >= 0.6 is 11.6 Å². The highest BCUT2D eigenvalue weighted by Crippen LogP contribution is 2.37. The highest BCUT2D eigenvalue weighted by atomic mass is 35.5. The summed E-state index contributed by atoms with van der Waals surface area (Å²) in [5, 5.41) is 1.54. The third-order valence-electron chi connectivity index (χ3n) is 5.75. The summed E-state index contributed by atoms with van der Waals surface area (Å²) < 4.78 is 17.1. The number of fused-ring (bicyclic) bond motifs is 3. The van der Waals surface area contributed by atoms with Crippen LogP contribution in [-0.4, -0.2) is 46.1 Å². The average Bonchev–Trinajstić information content (AvgIpc) is 2.70. The molecule has 2 N–H and O–H groups in total. The number of nitrogens with one attached hydrogen (secondary N) is 2. The second kappa shape index (κ2) is 8.82. The number of rotatable bonds is 6. The summed E-state index contributed by atoms with van der Waals surface area (Å²) in [6, 6.07) is 3.48. The Morgan fingerprint density at radius 3 is 2.71 bits per heavy atom. The van der Waals surface area contributed by atoms with Crippen LogP contribution < -0.4 is 20.2 Å². The summed E-state index contributed by atoms with van der Waals surface area (Å²) in [7, 11) is 0. The smallest absolute Gasteiger partial charge is 0.336 e. The topological polar surface area (TPSA) is 57.5 Å². The summed E-state index contributed by atoms with van der Waals surface area (Å²) in [4.78, 5) is 15.1. The van der Waals surface area contributed by atoms with Crippen molar-refractivity contribution in [1.29, 1.82) is 0 Å². The molecular weight excluding hydrogens is 380 g/mol. The lowest BCUT2D eigenvalue weighted by molar-refractivity contribution is -0.942. The van der Waals surface area contributed by atoms with Crippen LogP contribution in [0.25, 0.3) is 11.0 Å². The van der Waals surface area contributed by atoms with E-state index >= 15 is 0 Å². The monoisotopic (exact) mass is 408 g/mol. The molecule has 7 heteroatoms. The molecule has 152 valence electrons. The summed E-state index contributed by atoms with van der Waals surface area (Å²) in [6.07, 6.45) is 2.93. The molecule has 2 aliphatic heterocycles. The molecule has 0 amide bonds. The van der Waals surface area contributed by atoms with Gasteiger partial charge in [-0.25, -0.2) is 4.79 Å². The number of ether oxygens (including phenoxy) is 2. The van der Waals surface area contributed by atoms with E-state index in [0.717, 1.165) is 81.7 Å². The maximum Gasteiger partial charge on any atom is 0.336 e. The van der Waals surface area contributed by atoms with Crippen molar-refractivity contribution in [3.63, 3.8) is 0 Å². The first-order valence-corrected chi connectivity index (χ1v) is 10.7. The molecule has 0 radical (unpaired) electrons. The molecule has 1 aromatic heterocycles. The zero-order valence-electron chi connectivity index (χ0n) is 16.4. The molecule has 1 atom stereocenters. The highest BCUT2D eigenvalue weighted by Gasteiger charge is 2.28. The van der Waals surface area contributed by atoms with Gasteiger partial charge in [-0.2, -0.15) is 0 Å². The van der Waals surface area contributed by atoms with Crippen LogP contribution in [0.4, 0.5) is 0 Å². The Hall–Kier alpha value is -1.60. The first kappa shape index (κ1) is 19.7. The number of hydrogen-bond acceptors (Lipinski definition) is 4. The second-order valence-electron chi connectivity index (χ2n) is 7.81. The van der Waals surface area contributed by atoms with E-state index in [2.05, 4.69) is 6.92 Å². The Bertz CT molecular complexity index is 892. The van der Waals surface area contributed by atoms with Gasteiger partial charge in [-0.3, -0.25) is 4.90 Å². The molecule has 6 nitrogen and oxygen atoms in total. The number of benzene rings is 1. The van der Waals surface area contributed by atoms with Gasteiger partial charge in [0, 0.05) is 17.9 Å². The molecule has 2 aromatic rings. The Balaban J connectivity index is 1.53. The first-order chi connectivity index (χ1) is 13.7. The number of morpholine rings is 1. The van der Waals surface area contributed by atoms with Crippen LogP contribution in [0.2, 0.25) is 5.02 Å². The van der Waals surface area contributed by atoms with E-state index in [1.54, 1.807) is 11.0 Å². The quantitative estimate of drug-likeness (QED) is 0.681. The van der Waals surface area contributed by atoms with Crippen molar-refractivity contribution < 1.29 is 23.7 Å². The van der Waals surface area contributed by atoms with Crippen LogP contribution in [0.1, 0.15) is 30.9 Å². The van der Waals surface area contributed by atoms with Crippen molar-refractivity contribution >= 4 is 22.6 Å². The Kier molecular flexibility index (Phi) is 6.21. The van der Waals surface area contributed by atoms with Crippen LogP contribution in [0.15, 0.2) is 21.3 Å². The predicted octanol–water partition coefficient (Wildman–Crippen LogP) is 0.439. The van der Waals surface area contributed by atoms with Crippen molar-refractivity contribution in [3.05, 3.63) is 38.7 Å². The van der Waals surface area contributed by atoms with Crippen molar-refractivity contribution in [2.75, 3.05) is 46.1 Å². The van der Waals surface area contributed by atoms with E-state index < -0.39 is 0 Å². The van der Waals surface area contributed by atoms with E-state index in [-0.39, 0.29) is 5.63 Å². The fourth-order valence-corrected chi connectivity index (χ4v) is 4.58. The normalized spacial score (nSPS) is 20.1. The minimum absolute atomic E-state index is 0.302. The lowest BCUT2D eigenvalue weighted by Gasteiger charge is -2.28. The molecule has 0 aliphatic carbocycles. The molecule has 4 rings (SSSR count). The molecule has 1 aromatic carbocycles. The molecule has 3 heterocycles. The summed E-state index contributed by atoms with van der Waals surface area (Å²) in [6.45, 7) is 9.58. The third-order valence-corrected chi connectivity index (χ3v) is 6.03. The number of hydrogen-bond donors (Lipinski definition) is 2. The van der Waals surface area contributed by atoms with Crippen LogP contribution in [0.3, 0.4) is 0 Å². The Morgan fingerprint density at radius 2 is 1.93 bits per heavy atom. The lowest BCUT2D eigenvalue weighted by Crippen LogP contribution is -3.16. The molecule has 28 heavy (non-hydrogen) atoms. The Morgan fingerprint density at radius 1 is 1.14 bits per heavy atom.